The molecule has 0 atom stereocenters. The number of rotatable bonds is 5. The minimum absolute atomic E-state index is 0.0233. The van der Waals surface area contributed by atoms with Crippen molar-refractivity contribution in [2.24, 2.45) is 4.40 Å². The van der Waals surface area contributed by atoms with Crippen LogP contribution in [-0.4, -0.2) is 45.0 Å². The highest BCUT2D eigenvalue weighted by Gasteiger charge is 2.34. The Kier molecular flexibility index (Phi) is 6.36. The summed E-state index contributed by atoms with van der Waals surface area (Å²) < 4.78 is 29.2. The molecule has 9 heteroatoms. The monoisotopic (exact) mass is 449 g/mol. The molecule has 2 aromatic carbocycles. The van der Waals surface area contributed by atoms with Crippen LogP contribution < -0.4 is 4.90 Å². The number of carbonyl (C=O) groups excluding carboxylic acids is 1. The van der Waals surface area contributed by atoms with Gasteiger partial charge in [-0.25, -0.2) is 0 Å². The highest BCUT2D eigenvalue weighted by atomic mass is 35.5. The Morgan fingerprint density at radius 3 is 2.28 bits per heavy atom. The van der Waals surface area contributed by atoms with Crippen molar-refractivity contribution in [2.75, 3.05) is 25.5 Å². The molecule has 2 aromatic rings. The van der Waals surface area contributed by atoms with Crippen LogP contribution in [0.2, 0.25) is 5.02 Å². The number of likely N-dealkylation sites (N-methyl/N-ethyl adjacent to an activating group) is 1. The van der Waals surface area contributed by atoms with E-state index in [1.807, 2.05) is 43.3 Å². The first-order valence-electron chi connectivity index (χ1n) is 8.80. The van der Waals surface area contributed by atoms with Crippen molar-refractivity contribution < 1.29 is 13.2 Å². The summed E-state index contributed by atoms with van der Waals surface area (Å²) in [6, 6.07) is 13.5. The number of hydrogen-bond acceptors (Lipinski definition) is 5. The van der Waals surface area contributed by atoms with Gasteiger partial charge in [-0.1, -0.05) is 23.7 Å². The number of sulfonamides is 1. The quantitative estimate of drug-likeness (QED) is 0.643. The van der Waals surface area contributed by atoms with E-state index in [9.17, 15) is 13.2 Å². The number of amidine groups is 1. The van der Waals surface area contributed by atoms with Crippen LogP contribution >= 0.6 is 23.4 Å². The van der Waals surface area contributed by atoms with E-state index < -0.39 is 10.0 Å². The molecule has 152 valence electrons. The lowest BCUT2D eigenvalue weighted by Gasteiger charge is -2.12. The molecule has 0 saturated carbocycles. The molecule has 6 nitrogen and oxygen atoms in total. The van der Waals surface area contributed by atoms with Crippen molar-refractivity contribution in [2.45, 2.75) is 11.8 Å². The number of nitrogens with zero attached hydrogens (tertiary/aromatic N) is 3. The summed E-state index contributed by atoms with van der Waals surface area (Å²) >= 11 is 6.88. The van der Waals surface area contributed by atoms with Crippen molar-refractivity contribution in [1.29, 1.82) is 0 Å². The zero-order chi connectivity index (χ0) is 21.2. The van der Waals surface area contributed by atoms with Gasteiger partial charge in [-0.05, 0) is 66.7 Å². The maximum atomic E-state index is 12.7. The van der Waals surface area contributed by atoms with E-state index in [1.165, 1.54) is 29.2 Å². The minimum atomic E-state index is -3.96. The molecule has 1 aliphatic rings. The molecule has 29 heavy (non-hydrogen) atoms. The summed E-state index contributed by atoms with van der Waals surface area (Å²) in [5.74, 6) is -0.265. The van der Waals surface area contributed by atoms with Gasteiger partial charge in [0.2, 0.25) is 0 Å². The van der Waals surface area contributed by atoms with Crippen LogP contribution in [0.25, 0.3) is 6.08 Å². The SMILES string of the molecule is CCN1C(=O)/C(=C/c2ccc(N(C)C)cc2)SC1=NS(=O)(=O)c1ccc(Cl)cc1. The Bertz CT molecular complexity index is 1080. The summed E-state index contributed by atoms with van der Waals surface area (Å²) in [7, 11) is -0.0541. The largest absolute Gasteiger partial charge is 0.378 e. The highest BCUT2D eigenvalue weighted by molar-refractivity contribution is 8.19. The number of benzene rings is 2. The predicted molar refractivity (Wildman–Crippen MR) is 120 cm³/mol. The summed E-state index contributed by atoms with van der Waals surface area (Å²) in [6.45, 7) is 2.09. The molecule has 1 amide bonds. The van der Waals surface area contributed by atoms with Crippen LogP contribution in [0.4, 0.5) is 5.69 Å². The average molecular weight is 450 g/mol. The van der Waals surface area contributed by atoms with E-state index >= 15 is 0 Å². The van der Waals surface area contributed by atoms with Gasteiger partial charge in [0.15, 0.2) is 5.17 Å². The predicted octanol–water partition coefficient (Wildman–Crippen LogP) is 4.09. The fraction of sp³-hybridized carbons (Fsp3) is 0.200. The third-order valence-corrected chi connectivity index (χ3v) is 6.88. The molecule has 1 fully saturated rings. The van der Waals surface area contributed by atoms with Crippen LogP contribution in [0, 0.1) is 0 Å². The van der Waals surface area contributed by atoms with Gasteiger partial charge in [0, 0.05) is 31.4 Å². The Morgan fingerprint density at radius 2 is 1.72 bits per heavy atom. The molecule has 0 spiro atoms. The molecule has 3 rings (SSSR count). The van der Waals surface area contributed by atoms with Gasteiger partial charge in [-0.3, -0.25) is 9.69 Å². The molecule has 1 saturated heterocycles. The Hall–Kier alpha value is -2.29. The van der Waals surface area contributed by atoms with Gasteiger partial charge in [-0.15, -0.1) is 4.40 Å². The number of amides is 1. The van der Waals surface area contributed by atoms with Crippen molar-refractivity contribution in [3.05, 3.63) is 64.0 Å². The first-order chi connectivity index (χ1) is 13.7. The molecule has 0 unspecified atom stereocenters. The third-order valence-electron chi connectivity index (χ3n) is 4.22. The fourth-order valence-electron chi connectivity index (χ4n) is 2.64. The maximum absolute atomic E-state index is 12.7. The van der Waals surface area contributed by atoms with Crippen molar-refractivity contribution >= 4 is 56.2 Å². The minimum Gasteiger partial charge on any atom is -0.378 e. The number of hydrogen-bond donors (Lipinski definition) is 0. The summed E-state index contributed by atoms with van der Waals surface area (Å²) in [4.78, 5) is 16.5. The lowest BCUT2D eigenvalue weighted by atomic mass is 10.2. The fourth-order valence-corrected chi connectivity index (χ4v) is 5.01. The first kappa shape index (κ1) is 21.4. The number of carbonyl (C=O) groups is 1. The van der Waals surface area contributed by atoms with Crippen LogP contribution in [0.3, 0.4) is 0 Å². The van der Waals surface area contributed by atoms with Crippen LogP contribution in [-0.2, 0) is 14.8 Å². The maximum Gasteiger partial charge on any atom is 0.284 e. The second-order valence-corrected chi connectivity index (χ2v) is 9.50. The first-order valence-corrected chi connectivity index (χ1v) is 11.4. The third kappa shape index (κ3) is 4.83. The number of thioether (sulfide) groups is 1. The zero-order valence-electron chi connectivity index (χ0n) is 16.2. The highest BCUT2D eigenvalue weighted by Crippen LogP contribution is 2.33. The normalized spacial score (nSPS) is 17.4. The molecule has 0 aromatic heterocycles. The molecule has 0 N–H and O–H groups in total. The van der Waals surface area contributed by atoms with Crippen LogP contribution in [0.15, 0.2) is 62.7 Å². The lowest BCUT2D eigenvalue weighted by Crippen LogP contribution is -2.29. The van der Waals surface area contributed by atoms with E-state index in [0.717, 1.165) is 23.0 Å². The van der Waals surface area contributed by atoms with Crippen molar-refractivity contribution in [3.8, 4) is 0 Å². The van der Waals surface area contributed by atoms with Crippen molar-refractivity contribution in [1.82, 2.24) is 4.90 Å². The lowest BCUT2D eigenvalue weighted by molar-refractivity contribution is -0.122. The molecule has 0 aliphatic carbocycles. The van der Waals surface area contributed by atoms with Gasteiger partial charge < -0.3 is 4.90 Å². The summed E-state index contributed by atoms with van der Waals surface area (Å²) in [6.07, 6.45) is 1.74. The number of anilines is 1. The summed E-state index contributed by atoms with van der Waals surface area (Å²) in [5.41, 5.74) is 1.90. The van der Waals surface area contributed by atoms with E-state index in [-0.39, 0.29) is 16.0 Å². The average Bonchev–Trinajstić information content (AvgIpc) is 2.96. The van der Waals surface area contributed by atoms with Gasteiger partial charge >= 0.3 is 0 Å². The zero-order valence-corrected chi connectivity index (χ0v) is 18.6. The number of halogens is 1. The van der Waals surface area contributed by atoms with E-state index in [4.69, 9.17) is 11.6 Å². The van der Waals surface area contributed by atoms with Gasteiger partial charge in [0.05, 0.1) is 9.80 Å². The Labute approximate surface area is 179 Å². The van der Waals surface area contributed by atoms with E-state index in [0.29, 0.717) is 16.5 Å². The Morgan fingerprint density at radius 1 is 1.10 bits per heavy atom. The molecular weight excluding hydrogens is 430 g/mol. The second-order valence-electron chi connectivity index (χ2n) is 6.45. The molecule has 1 heterocycles. The smallest absolute Gasteiger partial charge is 0.284 e. The van der Waals surface area contributed by atoms with Gasteiger partial charge in [0.1, 0.15) is 0 Å². The van der Waals surface area contributed by atoms with Crippen molar-refractivity contribution in [3.63, 3.8) is 0 Å². The summed E-state index contributed by atoms with van der Waals surface area (Å²) in [5, 5.41) is 0.575. The van der Waals surface area contributed by atoms with E-state index in [2.05, 4.69) is 4.40 Å². The van der Waals surface area contributed by atoms with Gasteiger partial charge in [-0.2, -0.15) is 8.42 Å². The molecular formula is C20H20ClN3O3S2. The molecule has 1 aliphatic heterocycles. The van der Waals surface area contributed by atoms with Crippen LogP contribution in [0.1, 0.15) is 12.5 Å². The topological polar surface area (TPSA) is 70.1 Å². The van der Waals surface area contributed by atoms with Gasteiger partial charge in [0.25, 0.3) is 15.9 Å². The molecule has 0 radical (unpaired) electrons. The standard InChI is InChI=1S/C20H20ClN3O3S2/c1-4-24-19(25)18(13-14-5-9-16(10-6-14)23(2)3)28-20(24)22-29(26,27)17-11-7-15(21)8-12-17/h5-13H,4H2,1-3H3/b18-13-,22-20?. The van der Waals surface area contributed by atoms with Crippen LogP contribution in [0.5, 0.6) is 0 Å². The molecule has 0 bridgehead atoms. The van der Waals surface area contributed by atoms with E-state index in [1.54, 1.807) is 13.0 Å². The Balaban J connectivity index is 1.92. The second kappa shape index (κ2) is 8.61.